The molecule has 2 aromatic carbocycles. The third-order valence-electron chi connectivity index (χ3n) is 2.38. The van der Waals surface area contributed by atoms with Crippen molar-refractivity contribution in [3.63, 3.8) is 0 Å². The number of nitrogens with one attached hydrogen (secondary N) is 1. The van der Waals surface area contributed by atoms with Gasteiger partial charge in [0.25, 0.3) is 0 Å². The zero-order valence-corrected chi connectivity index (χ0v) is 13.0. The van der Waals surface area contributed by atoms with Crippen molar-refractivity contribution in [2.45, 2.75) is 0 Å². The molecular weight excluding hydrogens is 379 g/mol. The van der Waals surface area contributed by atoms with Crippen LogP contribution in [0.15, 0.2) is 42.5 Å². The maximum absolute atomic E-state index is 6.15. The first kappa shape index (κ1) is 13.6. The average Bonchev–Trinajstić information content (AvgIpc) is 2.33. The molecule has 0 spiro atoms. The number of rotatable bonds is 3. The Kier molecular flexibility index (Phi) is 4.42. The summed E-state index contributed by atoms with van der Waals surface area (Å²) in [5.74, 6) is 0. The molecule has 0 bridgehead atoms. The molecule has 0 saturated heterocycles. The summed E-state index contributed by atoms with van der Waals surface area (Å²) in [6.07, 6.45) is 0. The Morgan fingerprint density at radius 3 is 2.39 bits per heavy atom. The molecule has 0 aromatic heterocycles. The monoisotopic (exact) mass is 388 g/mol. The van der Waals surface area contributed by atoms with Crippen LogP contribution < -0.4 is 11.1 Å². The van der Waals surface area contributed by atoms with E-state index in [4.69, 9.17) is 29.6 Å². The van der Waals surface area contributed by atoms with Crippen molar-refractivity contribution >= 4 is 62.8 Å². The van der Waals surface area contributed by atoms with Crippen LogP contribution in [0.25, 0.3) is 0 Å². The van der Waals surface area contributed by atoms with Crippen molar-refractivity contribution < 1.29 is 0 Å². The first-order chi connectivity index (χ1) is 8.56. The normalized spacial score (nSPS) is 10.1. The quantitative estimate of drug-likeness (QED) is 0.607. The molecule has 92 valence electrons. The highest BCUT2D eigenvalue weighted by molar-refractivity contribution is 14.1. The van der Waals surface area contributed by atoms with E-state index in [2.05, 4.69) is 27.9 Å². The van der Waals surface area contributed by atoms with Gasteiger partial charge in [0.1, 0.15) is 4.99 Å². The van der Waals surface area contributed by atoms with Gasteiger partial charge in [0.2, 0.25) is 0 Å². The van der Waals surface area contributed by atoms with Gasteiger partial charge in [0.15, 0.2) is 0 Å². The Bertz CT molecular complexity index is 584. The average molecular weight is 389 g/mol. The third-order valence-corrected chi connectivity index (χ3v) is 3.60. The predicted molar refractivity (Wildman–Crippen MR) is 89.8 cm³/mol. The maximum Gasteiger partial charge on any atom is 0.103 e. The van der Waals surface area contributed by atoms with Gasteiger partial charge >= 0.3 is 0 Å². The van der Waals surface area contributed by atoms with Crippen LogP contribution in [-0.4, -0.2) is 4.99 Å². The van der Waals surface area contributed by atoms with Crippen LogP contribution in [0.5, 0.6) is 0 Å². The number of benzene rings is 2. The molecule has 0 heterocycles. The first-order valence-corrected chi connectivity index (χ1v) is 7.05. The Hall–Kier alpha value is -0.850. The molecule has 0 aliphatic heterocycles. The molecule has 18 heavy (non-hydrogen) atoms. The Morgan fingerprint density at radius 1 is 1.17 bits per heavy atom. The van der Waals surface area contributed by atoms with Gasteiger partial charge in [-0.05, 0) is 65.1 Å². The van der Waals surface area contributed by atoms with E-state index >= 15 is 0 Å². The number of halogens is 2. The van der Waals surface area contributed by atoms with Gasteiger partial charge in [-0.3, -0.25) is 0 Å². The molecule has 0 atom stereocenters. The van der Waals surface area contributed by atoms with Crippen LogP contribution in [0.1, 0.15) is 5.56 Å². The number of nitrogens with two attached hydrogens (primary N) is 1. The summed E-state index contributed by atoms with van der Waals surface area (Å²) in [7, 11) is 0. The van der Waals surface area contributed by atoms with Gasteiger partial charge in [-0.15, -0.1) is 0 Å². The lowest BCUT2D eigenvalue weighted by Gasteiger charge is -2.09. The van der Waals surface area contributed by atoms with Crippen LogP contribution in [0.3, 0.4) is 0 Å². The predicted octanol–water partition coefficient (Wildman–Crippen LogP) is 4.32. The number of anilines is 2. The summed E-state index contributed by atoms with van der Waals surface area (Å²) >= 11 is 13.3. The van der Waals surface area contributed by atoms with Crippen molar-refractivity contribution in [3.8, 4) is 0 Å². The highest BCUT2D eigenvalue weighted by Gasteiger charge is 2.02. The van der Waals surface area contributed by atoms with Crippen molar-refractivity contribution in [1.29, 1.82) is 0 Å². The molecule has 2 rings (SSSR count). The van der Waals surface area contributed by atoms with E-state index in [1.807, 2.05) is 42.5 Å². The lowest BCUT2D eigenvalue weighted by molar-refractivity contribution is 1.52. The second-order valence-electron chi connectivity index (χ2n) is 3.69. The molecule has 0 fully saturated rings. The molecule has 0 amide bonds. The fraction of sp³-hybridized carbons (Fsp3) is 0. The zero-order valence-electron chi connectivity index (χ0n) is 9.28. The van der Waals surface area contributed by atoms with E-state index in [-0.39, 0.29) is 0 Å². The van der Waals surface area contributed by atoms with E-state index < -0.39 is 0 Å². The van der Waals surface area contributed by atoms with Crippen molar-refractivity contribution in [2.24, 2.45) is 5.73 Å². The number of hydrogen-bond donors (Lipinski definition) is 2. The van der Waals surface area contributed by atoms with Crippen LogP contribution in [0.2, 0.25) is 5.02 Å². The Morgan fingerprint density at radius 2 is 1.83 bits per heavy atom. The fourth-order valence-electron chi connectivity index (χ4n) is 1.46. The molecule has 2 nitrogen and oxygen atoms in total. The summed E-state index contributed by atoms with van der Waals surface area (Å²) in [6, 6.07) is 13.5. The molecule has 0 saturated carbocycles. The minimum absolute atomic E-state index is 0.397. The fourth-order valence-corrected chi connectivity index (χ4v) is 2.50. The zero-order chi connectivity index (χ0) is 13.1. The smallest absolute Gasteiger partial charge is 0.103 e. The second-order valence-corrected chi connectivity index (χ2v) is 5.78. The van der Waals surface area contributed by atoms with Gasteiger partial charge < -0.3 is 11.1 Å². The van der Waals surface area contributed by atoms with E-state index in [0.29, 0.717) is 10.0 Å². The summed E-state index contributed by atoms with van der Waals surface area (Å²) in [5.41, 5.74) is 8.22. The molecule has 0 aliphatic carbocycles. The van der Waals surface area contributed by atoms with Gasteiger partial charge in [0.05, 0.1) is 10.7 Å². The molecule has 0 aliphatic rings. The van der Waals surface area contributed by atoms with E-state index in [0.717, 1.165) is 20.5 Å². The SMILES string of the molecule is NC(=S)c1ccc(Nc2ccc(I)cc2Cl)cc1. The highest BCUT2D eigenvalue weighted by Crippen LogP contribution is 2.27. The molecule has 0 radical (unpaired) electrons. The Labute approximate surface area is 130 Å². The van der Waals surface area contributed by atoms with Crippen molar-refractivity contribution in [2.75, 3.05) is 5.32 Å². The van der Waals surface area contributed by atoms with Gasteiger partial charge in [-0.2, -0.15) is 0 Å². The summed E-state index contributed by atoms with van der Waals surface area (Å²) < 4.78 is 1.10. The standard InChI is InChI=1S/C13H10ClIN2S/c14-11-7-9(15)3-6-12(11)17-10-4-1-8(2-5-10)13(16)18/h1-7,17H,(H2,16,18). The molecule has 0 unspecified atom stereocenters. The van der Waals surface area contributed by atoms with Crippen LogP contribution in [-0.2, 0) is 0 Å². The largest absolute Gasteiger partial charge is 0.389 e. The third kappa shape index (κ3) is 3.34. The summed E-state index contributed by atoms with van der Waals surface area (Å²) in [6.45, 7) is 0. The van der Waals surface area contributed by atoms with Crippen molar-refractivity contribution in [1.82, 2.24) is 0 Å². The van der Waals surface area contributed by atoms with Gasteiger partial charge in [-0.25, -0.2) is 0 Å². The van der Waals surface area contributed by atoms with Gasteiger partial charge in [-0.1, -0.05) is 23.8 Å². The summed E-state index contributed by atoms with van der Waals surface area (Å²) in [5, 5.41) is 3.94. The highest BCUT2D eigenvalue weighted by atomic mass is 127. The maximum atomic E-state index is 6.15. The van der Waals surface area contributed by atoms with Crippen LogP contribution in [0, 0.1) is 3.57 Å². The van der Waals surface area contributed by atoms with E-state index in [1.165, 1.54) is 0 Å². The van der Waals surface area contributed by atoms with Crippen LogP contribution in [0.4, 0.5) is 11.4 Å². The number of hydrogen-bond acceptors (Lipinski definition) is 2. The second kappa shape index (κ2) is 5.86. The molecule has 2 aromatic rings. The van der Waals surface area contributed by atoms with Gasteiger partial charge in [0, 0.05) is 14.8 Å². The minimum Gasteiger partial charge on any atom is -0.389 e. The van der Waals surface area contributed by atoms with Crippen LogP contribution >= 0.6 is 46.4 Å². The minimum atomic E-state index is 0.397. The van der Waals surface area contributed by atoms with Crippen molar-refractivity contribution in [3.05, 3.63) is 56.6 Å². The number of thiocarbonyl (C=S) groups is 1. The van der Waals surface area contributed by atoms with E-state index in [9.17, 15) is 0 Å². The molecular formula is C13H10ClIN2S. The molecule has 3 N–H and O–H groups in total. The first-order valence-electron chi connectivity index (χ1n) is 5.18. The summed E-state index contributed by atoms with van der Waals surface area (Å²) in [4.78, 5) is 0.397. The lowest BCUT2D eigenvalue weighted by Crippen LogP contribution is -2.08. The lowest BCUT2D eigenvalue weighted by atomic mass is 10.2. The Balaban J connectivity index is 2.21. The van der Waals surface area contributed by atoms with E-state index in [1.54, 1.807) is 0 Å². The topological polar surface area (TPSA) is 38.0 Å². The molecule has 5 heteroatoms.